The van der Waals surface area contributed by atoms with Gasteiger partial charge in [-0.15, -0.1) is 0 Å². The summed E-state index contributed by atoms with van der Waals surface area (Å²) in [5.41, 5.74) is 0.543. The van der Waals surface area contributed by atoms with Crippen LogP contribution in [0.1, 0.15) is 38.3 Å². The van der Waals surface area contributed by atoms with Crippen molar-refractivity contribution in [2.24, 2.45) is 0 Å². The normalized spacial score (nSPS) is 17.4. The lowest BCUT2D eigenvalue weighted by atomic mass is 10.1. The van der Waals surface area contributed by atoms with E-state index < -0.39 is 5.60 Å². The Morgan fingerprint density at radius 1 is 1.64 bits per heavy atom. The Labute approximate surface area is 92.2 Å². The SMILES string of the molecule is CC(C)(O)Cn1ncc(Br)c1C1CC1. The highest BCUT2D eigenvalue weighted by Gasteiger charge is 2.30. The summed E-state index contributed by atoms with van der Waals surface area (Å²) in [7, 11) is 0. The van der Waals surface area contributed by atoms with Gasteiger partial charge >= 0.3 is 0 Å². The Kier molecular flexibility index (Phi) is 2.43. The van der Waals surface area contributed by atoms with Gasteiger partial charge in [0.05, 0.1) is 28.5 Å². The van der Waals surface area contributed by atoms with Gasteiger partial charge in [0.25, 0.3) is 0 Å². The topological polar surface area (TPSA) is 38.0 Å². The Balaban J connectivity index is 2.24. The Bertz CT molecular complexity index is 336. The minimum Gasteiger partial charge on any atom is -0.389 e. The van der Waals surface area contributed by atoms with Gasteiger partial charge in [-0.1, -0.05) is 0 Å². The van der Waals surface area contributed by atoms with E-state index in [1.807, 2.05) is 10.9 Å². The molecule has 2 rings (SSSR count). The fourth-order valence-electron chi connectivity index (χ4n) is 1.63. The number of hydrogen-bond acceptors (Lipinski definition) is 2. The molecule has 0 aromatic carbocycles. The lowest BCUT2D eigenvalue weighted by Crippen LogP contribution is -2.27. The zero-order chi connectivity index (χ0) is 10.3. The third kappa shape index (κ3) is 2.17. The molecule has 1 aliphatic rings. The highest BCUT2D eigenvalue weighted by molar-refractivity contribution is 9.10. The molecule has 14 heavy (non-hydrogen) atoms. The molecule has 1 aliphatic carbocycles. The zero-order valence-corrected chi connectivity index (χ0v) is 10.1. The van der Waals surface area contributed by atoms with Crippen molar-refractivity contribution < 1.29 is 5.11 Å². The van der Waals surface area contributed by atoms with Gasteiger partial charge in [0.15, 0.2) is 0 Å². The first-order valence-electron chi connectivity index (χ1n) is 4.91. The fraction of sp³-hybridized carbons (Fsp3) is 0.700. The van der Waals surface area contributed by atoms with Crippen LogP contribution in [0.15, 0.2) is 10.7 Å². The first-order valence-corrected chi connectivity index (χ1v) is 5.70. The molecule has 0 amide bonds. The van der Waals surface area contributed by atoms with E-state index in [0.717, 1.165) is 4.47 Å². The van der Waals surface area contributed by atoms with Crippen LogP contribution in [0.3, 0.4) is 0 Å². The van der Waals surface area contributed by atoms with Crippen LogP contribution in [0.2, 0.25) is 0 Å². The van der Waals surface area contributed by atoms with Crippen LogP contribution in [-0.2, 0) is 6.54 Å². The van der Waals surface area contributed by atoms with Gasteiger partial charge < -0.3 is 5.11 Å². The summed E-state index contributed by atoms with van der Waals surface area (Å²) >= 11 is 3.50. The number of nitrogens with zero attached hydrogens (tertiary/aromatic N) is 2. The van der Waals surface area contributed by atoms with E-state index in [9.17, 15) is 5.11 Å². The summed E-state index contributed by atoms with van der Waals surface area (Å²) in [6.07, 6.45) is 4.31. The zero-order valence-electron chi connectivity index (χ0n) is 8.50. The molecule has 1 saturated carbocycles. The standard InChI is InChI=1S/C10H15BrN2O/c1-10(2,14)6-13-9(7-3-4-7)8(11)5-12-13/h5,7,14H,3-4,6H2,1-2H3. The minimum absolute atomic E-state index is 0.560. The Morgan fingerprint density at radius 2 is 2.29 bits per heavy atom. The molecular formula is C10H15BrN2O. The van der Waals surface area contributed by atoms with Crippen molar-refractivity contribution in [1.29, 1.82) is 0 Å². The number of aliphatic hydroxyl groups is 1. The van der Waals surface area contributed by atoms with Gasteiger partial charge in [0.2, 0.25) is 0 Å². The molecule has 1 aromatic rings. The summed E-state index contributed by atoms with van der Waals surface area (Å²) in [5, 5.41) is 14.0. The molecular weight excluding hydrogens is 244 g/mol. The van der Waals surface area contributed by atoms with Crippen LogP contribution in [0.4, 0.5) is 0 Å². The van der Waals surface area contributed by atoms with Crippen molar-refractivity contribution in [3.05, 3.63) is 16.4 Å². The lowest BCUT2D eigenvalue weighted by Gasteiger charge is -2.18. The first kappa shape index (κ1) is 10.2. The third-order valence-electron chi connectivity index (χ3n) is 2.33. The molecule has 0 radical (unpaired) electrons. The number of hydrogen-bond donors (Lipinski definition) is 1. The van der Waals surface area contributed by atoms with Gasteiger partial charge in [-0.3, -0.25) is 4.68 Å². The molecule has 78 valence electrons. The summed E-state index contributed by atoms with van der Waals surface area (Å²) in [5.74, 6) is 0.647. The average Bonchev–Trinajstić information content (AvgIpc) is 2.77. The highest BCUT2D eigenvalue weighted by atomic mass is 79.9. The third-order valence-corrected chi connectivity index (χ3v) is 2.94. The Morgan fingerprint density at radius 3 is 2.79 bits per heavy atom. The van der Waals surface area contributed by atoms with Crippen LogP contribution in [0.5, 0.6) is 0 Å². The van der Waals surface area contributed by atoms with E-state index in [1.165, 1.54) is 18.5 Å². The van der Waals surface area contributed by atoms with Gasteiger partial charge in [-0.2, -0.15) is 5.10 Å². The Hall–Kier alpha value is -0.350. The van der Waals surface area contributed by atoms with E-state index in [2.05, 4.69) is 21.0 Å². The predicted molar refractivity (Wildman–Crippen MR) is 58.2 cm³/mol. The molecule has 0 bridgehead atoms. The maximum atomic E-state index is 9.73. The molecule has 0 saturated heterocycles. The van der Waals surface area contributed by atoms with Crippen molar-refractivity contribution in [1.82, 2.24) is 9.78 Å². The number of aromatic nitrogens is 2. The molecule has 0 spiro atoms. The van der Waals surface area contributed by atoms with Gasteiger partial charge in [0, 0.05) is 5.92 Å². The molecule has 4 heteroatoms. The molecule has 0 atom stereocenters. The van der Waals surface area contributed by atoms with Crippen LogP contribution >= 0.6 is 15.9 Å². The maximum absolute atomic E-state index is 9.73. The van der Waals surface area contributed by atoms with Crippen molar-refractivity contribution in [3.8, 4) is 0 Å². The van der Waals surface area contributed by atoms with Crippen molar-refractivity contribution >= 4 is 15.9 Å². The molecule has 0 aliphatic heterocycles. The van der Waals surface area contributed by atoms with Crippen LogP contribution < -0.4 is 0 Å². The van der Waals surface area contributed by atoms with Gasteiger partial charge in [-0.25, -0.2) is 0 Å². The van der Waals surface area contributed by atoms with Crippen LogP contribution in [-0.4, -0.2) is 20.5 Å². The summed E-state index contributed by atoms with van der Waals surface area (Å²) in [4.78, 5) is 0. The summed E-state index contributed by atoms with van der Waals surface area (Å²) in [6.45, 7) is 4.17. The summed E-state index contributed by atoms with van der Waals surface area (Å²) < 4.78 is 2.99. The molecule has 1 fully saturated rings. The average molecular weight is 259 g/mol. The largest absolute Gasteiger partial charge is 0.389 e. The molecule has 1 N–H and O–H groups in total. The lowest BCUT2D eigenvalue weighted by molar-refractivity contribution is 0.0568. The first-order chi connectivity index (χ1) is 6.47. The second kappa shape index (κ2) is 3.35. The quantitative estimate of drug-likeness (QED) is 0.904. The van der Waals surface area contributed by atoms with Gasteiger partial charge in [0.1, 0.15) is 0 Å². The summed E-state index contributed by atoms with van der Waals surface area (Å²) in [6, 6.07) is 0. The van der Waals surface area contributed by atoms with Crippen molar-refractivity contribution in [3.63, 3.8) is 0 Å². The monoisotopic (exact) mass is 258 g/mol. The number of halogens is 1. The molecule has 0 unspecified atom stereocenters. The van der Waals surface area contributed by atoms with E-state index in [-0.39, 0.29) is 0 Å². The van der Waals surface area contributed by atoms with Crippen molar-refractivity contribution in [2.75, 3.05) is 0 Å². The van der Waals surface area contributed by atoms with Gasteiger partial charge in [-0.05, 0) is 42.6 Å². The second-order valence-corrected chi connectivity index (χ2v) is 5.48. The molecule has 1 heterocycles. The van der Waals surface area contributed by atoms with E-state index in [1.54, 1.807) is 13.8 Å². The van der Waals surface area contributed by atoms with E-state index in [4.69, 9.17) is 0 Å². The minimum atomic E-state index is -0.699. The number of rotatable bonds is 3. The predicted octanol–water partition coefficient (Wildman–Crippen LogP) is 2.29. The molecule has 3 nitrogen and oxygen atoms in total. The second-order valence-electron chi connectivity index (χ2n) is 4.62. The molecule has 1 aromatic heterocycles. The van der Waals surface area contributed by atoms with Crippen LogP contribution in [0.25, 0.3) is 0 Å². The maximum Gasteiger partial charge on any atom is 0.0786 e. The fourth-order valence-corrected chi connectivity index (χ4v) is 2.25. The van der Waals surface area contributed by atoms with E-state index >= 15 is 0 Å². The smallest absolute Gasteiger partial charge is 0.0786 e. The van der Waals surface area contributed by atoms with Crippen LogP contribution in [0, 0.1) is 0 Å². The van der Waals surface area contributed by atoms with Crippen molar-refractivity contribution in [2.45, 2.75) is 44.8 Å². The highest BCUT2D eigenvalue weighted by Crippen LogP contribution is 2.43. The van der Waals surface area contributed by atoms with E-state index in [0.29, 0.717) is 12.5 Å².